The van der Waals surface area contributed by atoms with Crippen molar-refractivity contribution in [2.24, 2.45) is 5.73 Å². The maximum Gasteiger partial charge on any atom is 0.203 e. The number of methoxy groups -OCH3 is 3. The van der Waals surface area contributed by atoms with Crippen LogP contribution in [-0.2, 0) is 0 Å². The summed E-state index contributed by atoms with van der Waals surface area (Å²) in [5, 5.41) is 0. The first-order chi connectivity index (χ1) is 10.2. The Bertz CT molecular complexity index is 491. The van der Waals surface area contributed by atoms with Crippen LogP contribution in [0.4, 0.5) is 0 Å². The van der Waals surface area contributed by atoms with Gasteiger partial charge in [0.25, 0.3) is 0 Å². The summed E-state index contributed by atoms with van der Waals surface area (Å²) >= 11 is 0. The van der Waals surface area contributed by atoms with Gasteiger partial charge in [-0.1, -0.05) is 0 Å². The first kappa shape index (κ1) is 14.5. The molecule has 0 amide bonds. The van der Waals surface area contributed by atoms with E-state index >= 15 is 0 Å². The van der Waals surface area contributed by atoms with Crippen LogP contribution in [0.3, 0.4) is 0 Å². The van der Waals surface area contributed by atoms with Crippen molar-refractivity contribution in [1.29, 1.82) is 0 Å². The Labute approximate surface area is 126 Å². The lowest BCUT2D eigenvalue weighted by atomic mass is 9.99. The maximum atomic E-state index is 6.37. The second-order valence-corrected chi connectivity index (χ2v) is 5.83. The summed E-state index contributed by atoms with van der Waals surface area (Å²) < 4.78 is 16.3. The fourth-order valence-corrected chi connectivity index (χ4v) is 3.37. The van der Waals surface area contributed by atoms with Crippen molar-refractivity contribution in [3.8, 4) is 17.2 Å². The van der Waals surface area contributed by atoms with Gasteiger partial charge in [-0.25, -0.2) is 0 Å². The number of nitrogens with two attached hydrogens (primary N) is 1. The molecule has 3 rings (SSSR count). The van der Waals surface area contributed by atoms with E-state index in [1.807, 2.05) is 12.1 Å². The lowest BCUT2D eigenvalue weighted by molar-refractivity contribution is 0.235. The van der Waals surface area contributed by atoms with Crippen LogP contribution >= 0.6 is 0 Å². The topological polar surface area (TPSA) is 57.0 Å². The van der Waals surface area contributed by atoms with E-state index in [0.717, 1.165) is 18.5 Å². The number of likely N-dealkylation sites (tertiary alicyclic amines) is 1. The van der Waals surface area contributed by atoms with Crippen molar-refractivity contribution in [1.82, 2.24) is 4.90 Å². The molecular formula is C16H24N2O3. The minimum Gasteiger partial charge on any atom is -0.493 e. The van der Waals surface area contributed by atoms with Gasteiger partial charge < -0.3 is 19.9 Å². The van der Waals surface area contributed by atoms with Crippen LogP contribution in [0.25, 0.3) is 0 Å². The summed E-state index contributed by atoms with van der Waals surface area (Å²) in [5.74, 6) is 2.02. The van der Waals surface area contributed by atoms with E-state index in [9.17, 15) is 0 Å². The van der Waals surface area contributed by atoms with E-state index < -0.39 is 0 Å². The predicted molar refractivity (Wildman–Crippen MR) is 81.2 cm³/mol. The van der Waals surface area contributed by atoms with Gasteiger partial charge in [0, 0.05) is 18.6 Å². The third kappa shape index (κ3) is 2.56. The fraction of sp³-hybridized carbons (Fsp3) is 0.625. The predicted octanol–water partition coefficient (Wildman–Crippen LogP) is 1.95. The average Bonchev–Trinajstić information content (AvgIpc) is 3.28. The van der Waals surface area contributed by atoms with E-state index in [1.54, 1.807) is 21.3 Å². The second-order valence-electron chi connectivity index (χ2n) is 5.83. The molecule has 2 aliphatic rings. The van der Waals surface area contributed by atoms with Gasteiger partial charge in [0.15, 0.2) is 11.5 Å². The van der Waals surface area contributed by atoms with Gasteiger partial charge in [0.2, 0.25) is 5.75 Å². The number of hydrogen-bond donors (Lipinski definition) is 1. The lowest BCUT2D eigenvalue weighted by Crippen LogP contribution is -2.33. The van der Waals surface area contributed by atoms with Gasteiger partial charge in [0.05, 0.1) is 27.4 Å². The molecule has 2 fully saturated rings. The van der Waals surface area contributed by atoms with E-state index in [-0.39, 0.29) is 12.1 Å². The summed E-state index contributed by atoms with van der Waals surface area (Å²) in [6, 6.07) is 5.17. The number of benzene rings is 1. The molecule has 2 N–H and O–H groups in total. The number of rotatable bonds is 5. The summed E-state index contributed by atoms with van der Waals surface area (Å²) in [6.45, 7) is 1.08. The Morgan fingerprint density at radius 3 is 2.10 bits per heavy atom. The molecule has 0 spiro atoms. The zero-order chi connectivity index (χ0) is 15.0. The minimum atomic E-state index is 0.161. The Morgan fingerprint density at radius 2 is 1.62 bits per heavy atom. The molecule has 1 aromatic rings. The lowest BCUT2D eigenvalue weighted by Gasteiger charge is -2.28. The molecule has 2 atom stereocenters. The highest BCUT2D eigenvalue weighted by Crippen LogP contribution is 2.45. The molecule has 1 heterocycles. The molecule has 1 aliphatic carbocycles. The van der Waals surface area contributed by atoms with Crippen LogP contribution in [-0.4, -0.2) is 44.9 Å². The quantitative estimate of drug-likeness (QED) is 0.899. The van der Waals surface area contributed by atoms with Crippen molar-refractivity contribution in [2.45, 2.75) is 37.4 Å². The highest BCUT2D eigenvalue weighted by Gasteiger charge is 2.41. The number of nitrogens with zero attached hydrogens (tertiary/aromatic N) is 1. The van der Waals surface area contributed by atoms with Crippen LogP contribution in [0.5, 0.6) is 17.2 Å². The largest absolute Gasteiger partial charge is 0.493 e. The smallest absolute Gasteiger partial charge is 0.203 e. The zero-order valence-corrected chi connectivity index (χ0v) is 13.0. The Kier molecular flexibility index (Phi) is 3.95. The first-order valence-corrected chi connectivity index (χ1v) is 7.50. The van der Waals surface area contributed by atoms with Crippen molar-refractivity contribution < 1.29 is 14.2 Å². The van der Waals surface area contributed by atoms with Crippen LogP contribution in [0, 0.1) is 0 Å². The van der Waals surface area contributed by atoms with Gasteiger partial charge in [0.1, 0.15) is 0 Å². The van der Waals surface area contributed by atoms with E-state index in [1.165, 1.54) is 12.8 Å². The van der Waals surface area contributed by atoms with Gasteiger partial charge >= 0.3 is 0 Å². The van der Waals surface area contributed by atoms with Crippen molar-refractivity contribution in [3.63, 3.8) is 0 Å². The van der Waals surface area contributed by atoms with Crippen LogP contribution in [0.2, 0.25) is 0 Å². The maximum absolute atomic E-state index is 6.37. The monoisotopic (exact) mass is 292 g/mol. The first-order valence-electron chi connectivity index (χ1n) is 7.50. The molecule has 1 saturated carbocycles. The van der Waals surface area contributed by atoms with Gasteiger partial charge in [-0.15, -0.1) is 0 Å². The molecular weight excluding hydrogens is 268 g/mol. The molecule has 5 nitrogen and oxygen atoms in total. The molecule has 1 aromatic carbocycles. The molecule has 1 saturated heterocycles. The molecule has 0 aromatic heterocycles. The average molecular weight is 292 g/mol. The normalized spacial score (nSPS) is 25.9. The van der Waals surface area contributed by atoms with E-state index in [4.69, 9.17) is 19.9 Å². The standard InChI is InChI=1S/C16H24N2O3/c1-19-13-8-10(9-14(20-2)16(13)21-3)15-12(17)6-7-18(15)11-4-5-11/h8-9,11-12,15H,4-7,17H2,1-3H3. The van der Waals surface area contributed by atoms with Gasteiger partial charge in [-0.3, -0.25) is 4.90 Å². The molecule has 1 aliphatic heterocycles. The molecule has 21 heavy (non-hydrogen) atoms. The third-order valence-corrected chi connectivity index (χ3v) is 4.53. The second kappa shape index (κ2) is 5.73. The number of hydrogen-bond acceptors (Lipinski definition) is 5. The van der Waals surface area contributed by atoms with Gasteiger partial charge in [-0.2, -0.15) is 0 Å². The highest BCUT2D eigenvalue weighted by atomic mass is 16.5. The van der Waals surface area contributed by atoms with Crippen LogP contribution in [0.1, 0.15) is 30.9 Å². The SMILES string of the molecule is COc1cc(C2C(N)CCN2C2CC2)cc(OC)c1OC. The Morgan fingerprint density at radius 1 is 1.00 bits per heavy atom. The molecule has 2 unspecified atom stereocenters. The number of ether oxygens (including phenoxy) is 3. The summed E-state index contributed by atoms with van der Waals surface area (Å²) in [7, 11) is 4.92. The molecule has 0 radical (unpaired) electrons. The molecule has 5 heteroatoms. The minimum absolute atomic E-state index is 0.161. The van der Waals surface area contributed by atoms with E-state index in [2.05, 4.69) is 4.90 Å². The Hall–Kier alpha value is -1.46. The van der Waals surface area contributed by atoms with Crippen LogP contribution in [0.15, 0.2) is 12.1 Å². The Balaban J connectivity index is 2.00. The van der Waals surface area contributed by atoms with E-state index in [0.29, 0.717) is 23.3 Å². The summed E-state index contributed by atoms with van der Waals surface area (Å²) in [4.78, 5) is 2.53. The molecule has 116 valence electrons. The van der Waals surface area contributed by atoms with Crippen molar-refractivity contribution in [3.05, 3.63) is 17.7 Å². The van der Waals surface area contributed by atoms with Crippen molar-refractivity contribution >= 4 is 0 Å². The zero-order valence-electron chi connectivity index (χ0n) is 13.0. The highest BCUT2D eigenvalue weighted by molar-refractivity contribution is 5.54. The summed E-state index contributed by atoms with van der Waals surface area (Å²) in [5.41, 5.74) is 7.52. The van der Waals surface area contributed by atoms with Crippen molar-refractivity contribution in [2.75, 3.05) is 27.9 Å². The van der Waals surface area contributed by atoms with Crippen LogP contribution < -0.4 is 19.9 Å². The third-order valence-electron chi connectivity index (χ3n) is 4.53. The molecule has 0 bridgehead atoms. The fourth-order valence-electron chi connectivity index (χ4n) is 3.37. The summed E-state index contributed by atoms with van der Waals surface area (Å²) in [6.07, 6.45) is 3.61. The van der Waals surface area contributed by atoms with Gasteiger partial charge in [-0.05, 0) is 37.0 Å².